The SMILES string of the molecule is CCCCCCCS(=O)C(Cc1ccccc1)C(=O)O. The fourth-order valence-corrected chi connectivity index (χ4v) is 3.49. The molecule has 0 aliphatic rings. The van der Waals surface area contributed by atoms with Crippen LogP contribution in [0.5, 0.6) is 0 Å². The zero-order valence-corrected chi connectivity index (χ0v) is 12.9. The molecule has 0 radical (unpaired) electrons. The van der Waals surface area contributed by atoms with Crippen LogP contribution in [0.15, 0.2) is 30.3 Å². The highest BCUT2D eigenvalue weighted by Crippen LogP contribution is 2.11. The van der Waals surface area contributed by atoms with E-state index in [1.54, 1.807) is 0 Å². The summed E-state index contributed by atoms with van der Waals surface area (Å²) in [7, 11) is -1.29. The third-order valence-corrected chi connectivity index (χ3v) is 5.00. The zero-order chi connectivity index (χ0) is 14.8. The van der Waals surface area contributed by atoms with Crippen molar-refractivity contribution in [3.63, 3.8) is 0 Å². The van der Waals surface area contributed by atoms with Crippen molar-refractivity contribution in [2.24, 2.45) is 0 Å². The van der Waals surface area contributed by atoms with E-state index in [1.807, 2.05) is 30.3 Å². The Morgan fingerprint density at radius 3 is 2.40 bits per heavy atom. The number of hydrogen-bond donors (Lipinski definition) is 1. The van der Waals surface area contributed by atoms with Crippen LogP contribution in [-0.4, -0.2) is 26.3 Å². The van der Waals surface area contributed by atoms with Crippen LogP contribution in [0.2, 0.25) is 0 Å². The molecule has 0 fully saturated rings. The number of carbonyl (C=O) groups is 1. The van der Waals surface area contributed by atoms with Gasteiger partial charge in [0.1, 0.15) is 5.25 Å². The Bertz CT molecular complexity index is 417. The van der Waals surface area contributed by atoms with Gasteiger partial charge in [0.25, 0.3) is 0 Å². The second-order valence-electron chi connectivity index (χ2n) is 5.02. The normalized spacial score (nSPS) is 13.8. The van der Waals surface area contributed by atoms with Gasteiger partial charge in [-0.25, -0.2) is 0 Å². The van der Waals surface area contributed by atoms with Crippen LogP contribution >= 0.6 is 0 Å². The van der Waals surface area contributed by atoms with Gasteiger partial charge < -0.3 is 5.11 Å². The van der Waals surface area contributed by atoms with E-state index in [2.05, 4.69) is 6.92 Å². The van der Waals surface area contributed by atoms with Crippen LogP contribution in [0.3, 0.4) is 0 Å². The van der Waals surface area contributed by atoms with Gasteiger partial charge in [0, 0.05) is 16.6 Å². The summed E-state index contributed by atoms with van der Waals surface area (Å²) in [6, 6.07) is 9.41. The van der Waals surface area contributed by atoms with E-state index in [-0.39, 0.29) is 0 Å². The molecule has 0 saturated carbocycles. The maximum Gasteiger partial charge on any atom is 0.319 e. The first-order chi connectivity index (χ1) is 9.65. The molecule has 0 aromatic heterocycles. The Labute approximate surface area is 123 Å². The van der Waals surface area contributed by atoms with Gasteiger partial charge in [0.15, 0.2) is 0 Å². The number of benzene rings is 1. The van der Waals surface area contributed by atoms with Crippen LogP contribution < -0.4 is 0 Å². The lowest BCUT2D eigenvalue weighted by Crippen LogP contribution is -2.29. The lowest BCUT2D eigenvalue weighted by molar-refractivity contribution is -0.136. The van der Waals surface area contributed by atoms with Gasteiger partial charge >= 0.3 is 5.97 Å². The fourth-order valence-electron chi connectivity index (χ4n) is 2.11. The van der Waals surface area contributed by atoms with Crippen molar-refractivity contribution < 1.29 is 14.1 Å². The van der Waals surface area contributed by atoms with Crippen molar-refractivity contribution in [3.8, 4) is 0 Å². The summed E-state index contributed by atoms with van der Waals surface area (Å²) < 4.78 is 12.2. The van der Waals surface area contributed by atoms with E-state index < -0.39 is 22.0 Å². The molecule has 0 bridgehead atoms. The Hall–Kier alpha value is -1.16. The van der Waals surface area contributed by atoms with E-state index in [9.17, 15) is 14.1 Å². The van der Waals surface area contributed by atoms with E-state index in [1.165, 1.54) is 12.8 Å². The Morgan fingerprint density at radius 1 is 1.15 bits per heavy atom. The Kier molecular flexibility index (Phi) is 8.19. The first kappa shape index (κ1) is 16.9. The number of rotatable bonds is 10. The number of carboxylic acid groups (broad SMARTS) is 1. The highest BCUT2D eigenvalue weighted by atomic mass is 32.2. The minimum atomic E-state index is -1.29. The Morgan fingerprint density at radius 2 is 1.80 bits per heavy atom. The molecular weight excluding hydrogens is 272 g/mol. The van der Waals surface area contributed by atoms with Crippen LogP contribution in [0.1, 0.15) is 44.6 Å². The van der Waals surface area contributed by atoms with Crippen LogP contribution in [-0.2, 0) is 22.0 Å². The van der Waals surface area contributed by atoms with Gasteiger partial charge in [-0.05, 0) is 18.4 Å². The summed E-state index contributed by atoms with van der Waals surface area (Å²) in [6.07, 6.45) is 5.75. The molecule has 1 aromatic rings. The smallest absolute Gasteiger partial charge is 0.319 e. The second-order valence-corrected chi connectivity index (χ2v) is 6.75. The van der Waals surface area contributed by atoms with E-state index in [4.69, 9.17) is 0 Å². The third kappa shape index (κ3) is 6.33. The molecule has 1 rings (SSSR count). The van der Waals surface area contributed by atoms with Crippen LogP contribution in [0, 0.1) is 0 Å². The Balaban J connectivity index is 2.45. The standard InChI is InChI=1S/C16H24O3S/c1-2-3-4-5-9-12-20(19)15(16(17)18)13-14-10-7-6-8-11-14/h6-8,10-11,15H,2-5,9,12-13H2,1H3,(H,17,18). The van der Waals surface area contributed by atoms with E-state index in [0.29, 0.717) is 12.2 Å². The maximum absolute atomic E-state index is 12.2. The van der Waals surface area contributed by atoms with Crippen molar-refractivity contribution >= 4 is 16.8 Å². The molecule has 1 aromatic carbocycles. The lowest BCUT2D eigenvalue weighted by atomic mass is 10.1. The maximum atomic E-state index is 12.2. The molecule has 4 heteroatoms. The average molecular weight is 296 g/mol. The molecule has 0 spiro atoms. The molecule has 0 aliphatic carbocycles. The number of unbranched alkanes of at least 4 members (excludes halogenated alkanes) is 4. The highest BCUT2D eigenvalue weighted by Gasteiger charge is 2.24. The molecule has 3 nitrogen and oxygen atoms in total. The summed E-state index contributed by atoms with van der Waals surface area (Å²) in [4.78, 5) is 11.3. The molecule has 0 heterocycles. The fraction of sp³-hybridized carbons (Fsp3) is 0.562. The largest absolute Gasteiger partial charge is 0.480 e. The highest BCUT2D eigenvalue weighted by molar-refractivity contribution is 7.86. The predicted octanol–water partition coefficient (Wildman–Crippen LogP) is 3.40. The molecule has 0 aliphatic heterocycles. The van der Waals surface area contributed by atoms with Gasteiger partial charge in [-0.3, -0.25) is 9.00 Å². The van der Waals surface area contributed by atoms with Gasteiger partial charge in [-0.1, -0.05) is 62.9 Å². The zero-order valence-electron chi connectivity index (χ0n) is 12.1. The molecule has 112 valence electrons. The summed E-state index contributed by atoms with van der Waals surface area (Å²) in [6.45, 7) is 2.15. The van der Waals surface area contributed by atoms with Gasteiger partial charge in [-0.2, -0.15) is 0 Å². The quantitative estimate of drug-likeness (QED) is 0.673. The monoisotopic (exact) mass is 296 g/mol. The molecule has 1 N–H and O–H groups in total. The minimum absolute atomic E-state index is 0.345. The second kappa shape index (κ2) is 9.70. The summed E-state index contributed by atoms with van der Waals surface area (Å²) in [5.74, 6) is -0.464. The molecule has 2 atom stereocenters. The molecule has 2 unspecified atom stereocenters. The molecule has 0 saturated heterocycles. The molecular formula is C16H24O3S. The summed E-state index contributed by atoms with van der Waals surface area (Å²) in [5, 5.41) is 8.46. The van der Waals surface area contributed by atoms with Crippen molar-refractivity contribution in [1.82, 2.24) is 0 Å². The topological polar surface area (TPSA) is 54.4 Å². The predicted molar refractivity (Wildman–Crippen MR) is 83.3 cm³/mol. The van der Waals surface area contributed by atoms with Gasteiger partial charge in [0.2, 0.25) is 0 Å². The molecule has 0 amide bonds. The summed E-state index contributed by atoms with van der Waals surface area (Å²) >= 11 is 0. The minimum Gasteiger partial charge on any atom is -0.480 e. The van der Waals surface area contributed by atoms with Crippen molar-refractivity contribution in [2.75, 3.05) is 5.75 Å². The van der Waals surface area contributed by atoms with Crippen LogP contribution in [0.4, 0.5) is 0 Å². The average Bonchev–Trinajstić information content (AvgIpc) is 2.45. The van der Waals surface area contributed by atoms with Crippen molar-refractivity contribution in [1.29, 1.82) is 0 Å². The number of hydrogen-bond acceptors (Lipinski definition) is 2. The van der Waals surface area contributed by atoms with E-state index in [0.717, 1.165) is 24.8 Å². The van der Waals surface area contributed by atoms with Crippen molar-refractivity contribution in [3.05, 3.63) is 35.9 Å². The van der Waals surface area contributed by atoms with Crippen molar-refractivity contribution in [2.45, 2.75) is 50.7 Å². The first-order valence-electron chi connectivity index (χ1n) is 7.29. The number of aliphatic carboxylic acids is 1. The van der Waals surface area contributed by atoms with Crippen LogP contribution in [0.25, 0.3) is 0 Å². The lowest BCUT2D eigenvalue weighted by Gasteiger charge is -2.12. The van der Waals surface area contributed by atoms with E-state index >= 15 is 0 Å². The number of carboxylic acids is 1. The van der Waals surface area contributed by atoms with Gasteiger partial charge in [-0.15, -0.1) is 0 Å². The molecule has 20 heavy (non-hydrogen) atoms. The summed E-state index contributed by atoms with van der Waals surface area (Å²) in [5.41, 5.74) is 0.930. The first-order valence-corrected chi connectivity index (χ1v) is 8.67. The third-order valence-electron chi connectivity index (χ3n) is 3.31. The van der Waals surface area contributed by atoms with Gasteiger partial charge in [0.05, 0.1) is 0 Å².